The van der Waals surface area contributed by atoms with Crippen molar-refractivity contribution in [2.45, 2.75) is 47.0 Å². The zero-order chi connectivity index (χ0) is 9.59. The van der Waals surface area contributed by atoms with Crippen LogP contribution in [0.3, 0.4) is 0 Å². The molecule has 2 rings (SSSR count). The van der Waals surface area contributed by atoms with Crippen LogP contribution in [0.4, 0.5) is 0 Å². The third-order valence-electron chi connectivity index (χ3n) is 4.76. The van der Waals surface area contributed by atoms with Crippen molar-refractivity contribution in [3.05, 3.63) is 0 Å². The van der Waals surface area contributed by atoms with E-state index in [0.717, 1.165) is 35.5 Å². The summed E-state index contributed by atoms with van der Waals surface area (Å²) in [6, 6.07) is 0. The van der Waals surface area contributed by atoms with Crippen LogP contribution in [-0.2, 0) is 0 Å². The van der Waals surface area contributed by atoms with Crippen molar-refractivity contribution in [3.63, 3.8) is 0 Å². The van der Waals surface area contributed by atoms with Gasteiger partial charge in [0.05, 0.1) is 0 Å². The third-order valence-corrected chi connectivity index (χ3v) is 4.76. The van der Waals surface area contributed by atoms with Crippen molar-refractivity contribution in [1.82, 2.24) is 0 Å². The van der Waals surface area contributed by atoms with E-state index in [2.05, 4.69) is 27.7 Å². The second-order valence-corrected chi connectivity index (χ2v) is 6.00. The molecule has 0 amide bonds. The molecule has 0 bridgehead atoms. The highest BCUT2D eigenvalue weighted by Gasteiger charge is 2.45. The Morgan fingerprint density at radius 3 is 1.85 bits per heavy atom. The Bertz CT molecular complexity index is 168. The topological polar surface area (TPSA) is 0 Å². The van der Waals surface area contributed by atoms with Gasteiger partial charge in [-0.2, -0.15) is 0 Å². The van der Waals surface area contributed by atoms with Crippen LogP contribution in [0.25, 0.3) is 0 Å². The average molecular weight is 180 g/mol. The Hall–Kier alpha value is 0. The molecule has 0 heterocycles. The molecule has 0 N–H and O–H groups in total. The van der Waals surface area contributed by atoms with Gasteiger partial charge in [0.25, 0.3) is 0 Å². The highest BCUT2D eigenvalue weighted by Crippen LogP contribution is 2.54. The van der Waals surface area contributed by atoms with Gasteiger partial charge in [-0.15, -0.1) is 0 Å². The second kappa shape index (κ2) is 3.29. The van der Waals surface area contributed by atoms with Gasteiger partial charge >= 0.3 is 0 Å². The molecule has 0 aromatic carbocycles. The third kappa shape index (κ3) is 1.53. The summed E-state index contributed by atoms with van der Waals surface area (Å²) >= 11 is 0. The van der Waals surface area contributed by atoms with E-state index in [4.69, 9.17) is 0 Å². The summed E-state index contributed by atoms with van der Waals surface area (Å²) in [5.74, 6) is 6.26. The molecule has 2 unspecified atom stereocenters. The van der Waals surface area contributed by atoms with Crippen molar-refractivity contribution in [3.8, 4) is 0 Å². The average Bonchev–Trinajstić information content (AvgIpc) is 1.94. The normalized spacial score (nSPS) is 50.1. The van der Waals surface area contributed by atoms with E-state index in [0.29, 0.717) is 0 Å². The standard InChI is InChI=1S/C13H24/c1-8(2)11-6-12(7-11)13-9(3)5-10(13)4/h8-13H,5-7H2,1-4H3. The Kier molecular flexibility index (Phi) is 2.42. The van der Waals surface area contributed by atoms with E-state index in [1.807, 2.05) is 0 Å². The van der Waals surface area contributed by atoms with Crippen molar-refractivity contribution in [2.24, 2.45) is 35.5 Å². The second-order valence-electron chi connectivity index (χ2n) is 6.00. The molecule has 76 valence electrons. The first-order valence-corrected chi connectivity index (χ1v) is 6.09. The van der Waals surface area contributed by atoms with Gasteiger partial charge in [-0.3, -0.25) is 0 Å². The van der Waals surface area contributed by atoms with E-state index < -0.39 is 0 Å². The minimum atomic E-state index is 0.932. The van der Waals surface area contributed by atoms with Gasteiger partial charge in [0.2, 0.25) is 0 Å². The summed E-state index contributed by atoms with van der Waals surface area (Å²) < 4.78 is 0. The Morgan fingerprint density at radius 1 is 0.923 bits per heavy atom. The number of hydrogen-bond acceptors (Lipinski definition) is 0. The fraction of sp³-hybridized carbons (Fsp3) is 1.00. The largest absolute Gasteiger partial charge is 0.0625 e. The van der Waals surface area contributed by atoms with Crippen molar-refractivity contribution < 1.29 is 0 Å². The molecule has 0 aliphatic heterocycles. The molecule has 13 heavy (non-hydrogen) atoms. The monoisotopic (exact) mass is 180 g/mol. The summed E-state index contributed by atoms with van der Waals surface area (Å²) in [5, 5.41) is 0. The van der Waals surface area contributed by atoms with Gasteiger partial charge in [0.15, 0.2) is 0 Å². The molecule has 2 atom stereocenters. The molecule has 0 radical (unpaired) electrons. The highest BCUT2D eigenvalue weighted by atomic mass is 14.5. The van der Waals surface area contributed by atoms with E-state index in [1.165, 1.54) is 19.3 Å². The first kappa shape index (κ1) is 9.55. The fourth-order valence-electron chi connectivity index (χ4n) is 3.76. The van der Waals surface area contributed by atoms with Crippen LogP contribution in [0.1, 0.15) is 47.0 Å². The highest BCUT2D eigenvalue weighted by molar-refractivity contribution is 4.95. The van der Waals surface area contributed by atoms with E-state index >= 15 is 0 Å². The van der Waals surface area contributed by atoms with Crippen molar-refractivity contribution in [1.29, 1.82) is 0 Å². The first-order chi connectivity index (χ1) is 6.09. The number of rotatable bonds is 2. The summed E-state index contributed by atoms with van der Waals surface area (Å²) in [6.45, 7) is 9.67. The minimum absolute atomic E-state index is 0.932. The van der Waals surface area contributed by atoms with Crippen LogP contribution in [0.15, 0.2) is 0 Å². The lowest BCUT2D eigenvalue weighted by atomic mass is 9.53. The van der Waals surface area contributed by atoms with Gasteiger partial charge in [-0.1, -0.05) is 27.7 Å². The fourth-order valence-corrected chi connectivity index (χ4v) is 3.76. The molecular weight excluding hydrogens is 156 g/mol. The van der Waals surface area contributed by atoms with Gasteiger partial charge in [-0.25, -0.2) is 0 Å². The molecule has 2 fully saturated rings. The lowest BCUT2D eigenvalue weighted by Crippen LogP contribution is -2.44. The van der Waals surface area contributed by atoms with Crippen LogP contribution in [-0.4, -0.2) is 0 Å². The summed E-state index contributed by atoms with van der Waals surface area (Å²) in [7, 11) is 0. The molecule has 0 spiro atoms. The molecular formula is C13H24. The molecule has 0 nitrogen and oxygen atoms in total. The van der Waals surface area contributed by atoms with Gasteiger partial charge in [0, 0.05) is 0 Å². The van der Waals surface area contributed by atoms with Gasteiger partial charge in [-0.05, 0) is 54.8 Å². The predicted molar refractivity (Wildman–Crippen MR) is 57.5 cm³/mol. The quantitative estimate of drug-likeness (QED) is 0.603. The molecule has 0 heteroatoms. The van der Waals surface area contributed by atoms with Gasteiger partial charge < -0.3 is 0 Å². The smallest absolute Gasteiger partial charge is 0.0334 e. The zero-order valence-corrected chi connectivity index (χ0v) is 9.59. The van der Waals surface area contributed by atoms with Crippen LogP contribution in [0.5, 0.6) is 0 Å². The lowest BCUT2D eigenvalue weighted by Gasteiger charge is -2.53. The van der Waals surface area contributed by atoms with Gasteiger partial charge in [0.1, 0.15) is 0 Å². The summed E-state index contributed by atoms with van der Waals surface area (Å²) in [6.07, 6.45) is 4.57. The maximum Gasteiger partial charge on any atom is -0.0334 e. The van der Waals surface area contributed by atoms with Crippen LogP contribution in [0.2, 0.25) is 0 Å². The van der Waals surface area contributed by atoms with Crippen LogP contribution >= 0.6 is 0 Å². The van der Waals surface area contributed by atoms with Crippen molar-refractivity contribution in [2.75, 3.05) is 0 Å². The maximum absolute atomic E-state index is 2.45. The van der Waals surface area contributed by atoms with E-state index in [1.54, 1.807) is 0 Å². The molecule has 2 saturated carbocycles. The summed E-state index contributed by atoms with van der Waals surface area (Å²) in [4.78, 5) is 0. The molecule has 2 aliphatic carbocycles. The molecule has 0 aromatic rings. The summed E-state index contributed by atoms with van der Waals surface area (Å²) in [5.41, 5.74) is 0. The number of hydrogen-bond donors (Lipinski definition) is 0. The Labute approximate surface area is 83.1 Å². The first-order valence-electron chi connectivity index (χ1n) is 6.09. The minimum Gasteiger partial charge on any atom is -0.0625 e. The molecule has 2 aliphatic rings. The van der Waals surface area contributed by atoms with Crippen molar-refractivity contribution >= 4 is 0 Å². The van der Waals surface area contributed by atoms with E-state index in [9.17, 15) is 0 Å². The Balaban J connectivity index is 1.80. The molecule has 0 aromatic heterocycles. The molecule has 0 saturated heterocycles. The van der Waals surface area contributed by atoms with Crippen LogP contribution in [0, 0.1) is 35.5 Å². The SMILES string of the molecule is CC(C)C1CC(C2C(C)CC2C)C1. The van der Waals surface area contributed by atoms with E-state index in [-0.39, 0.29) is 0 Å². The predicted octanol–water partition coefficient (Wildman–Crippen LogP) is 3.96. The Morgan fingerprint density at radius 2 is 1.46 bits per heavy atom. The van der Waals surface area contributed by atoms with Crippen LogP contribution < -0.4 is 0 Å². The maximum atomic E-state index is 2.45. The zero-order valence-electron chi connectivity index (χ0n) is 9.59. The lowest BCUT2D eigenvalue weighted by molar-refractivity contribution is -0.0315.